The number of rotatable bonds is 5. The van der Waals surface area contributed by atoms with Crippen LogP contribution in [0.1, 0.15) is 22.9 Å². The first-order chi connectivity index (χ1) is 13.1. The fourth-order valence-corrected chi connectivity index (χ4v) is 4.22. The van der Waals surface area contributed by atoms with Gasteiger partial charge in [-0.05, 0) is 42.0 Å². The first kappa shape index (κ1) is 19.7. The van der Waals surface area contributed by atoms with Gasteiger partial charge in [0.1, 0.15) is 6.54 Å². The number of amides is 1. The van der Waals surface area contributed by atoms with Gasteiger partial charge in [0.05, 0.1) is 0 Å². The molecule has 0 aliphatic carbocycles. The van der Waals surface area contributed by atoms with Crippen LogP contribution < -0.4 is 5.32 Å². The number of hydrogen-bond acceptors (Lipinski definition) is 3. The summed E-state index contributed by atoms with van der Waals surface area (Å²) < 4.78 is 0. The summed E-state index contributed by atoms with van der Waals surface area (Å²) in [7, 11) is 1.95. The second-order valence-electron chi connectivity index (χ2n) is 6.55. The molecular weight excluding hydrogens is 380 g/mol. The Morgan fingerprint density at radius 1 is 1.37 bits per heavy atom. The number of thiophene rings is 1. The summed E-state index contributed by atoms with van der Waals surface area (Å²) in [6, 6.07) is 9.89. The van der Waals surface area contributed by atoms with E-state index in [1.165, 1.54) is 10.4 Å². The van der Waals surface area contributed by atoms with Crippen LogP contribution in [0.25, 0.3) is 0 Å². The summed E-state index contributed by atoms with van der Waals surface area (Å²) in [5.41, 5.74) is 2.30. The monoisotopic (exact) mass is 404 g/mol. The van der Waals surface area contributed by atoms with Crippen LogP contribution in [-0.2, 0) is 24.3 Å². The van der Waals surface area contributed by atoms with E-state index in [4.69, 9.17) is 11.6 Å². The van der Waals surface area contributed by atoms with E-state index < -0.39 is 0 Å². The molecule has 2 aromatic rings. The fraction of sp³-hybridized carbons (Fsp3) is 0.400. The van der Waals surface area contributed by atoms with Crippen LogP contribution >= 0.6 is 22.9 Å². The summed E-state index contributed by atoms with van der Waals surface area (Å²) in [5, 5.41) is 6.09. The lowest BCUT2D eigenvalue weighted by atomic mass is 10.1. The van der Waals surface area contributed by atoms with Gasteiger partial charge >= 0.3 is 0 Å². The van der Waals surface area contributed by atoms with Crippen molar-refractivity contribution in [2.45, 2.75) is 26.4 Å². The van der Waals surface area contributed by atoms with Crippen LogP contribution in [-0.4, -0.2) is 48.3 Å². The maximum atomic E-state index is 12.6. The number of carbonyl (C=O) groups excluding carboxylic acids is 1. The highest BCUT2D eigenvalue weighted by atomic mass is 35.5. The molecule has 1 aliphatic heterocycles. The number of halogens is 1. The molecule has 1 amide bonds. The molecule has 3 rings (SSSR count). The molecule has 1 aromatic carbocycles. The van der Waals surface area contributed by atoms with E-state index in [1.807, 2.05) is 48.0 Å². The summed E-state index contributed by atoms with van der Waals surface area (Å²) >= 11 is 8.04. The third-order valence-corrected chi connectivity index (χ3v) is 5.98. The average molecular weight is 405 g/mol. The molecule has 27 heavy (non-hydrogen) atoms. The molecule has 1 N–H and O–H groups in total. The number of hydrogen-bond donors (Lipinski definition) is 1. The Labute approximate surface area is 169 Å². The second-order valence-corrected chi connectivity index (χ2v) is 7.96. The zero-order valence-electron chi connectivity index (χ0n) is 15.7. The molecular formula is C20H25ClN4OS. The van der Waals surface area contributed by atoms with E-state index in [9.17, 15) is 4.79 Å². The molecule has 2 heterocycles. The summed E-state index contributed by atoms with van der Waals surface area (Å²) in [5.74, 6) is 0.771. The molecule has 0 unspecified atom stereocenters. The minimum Gasteiger partial charge on any atom is -0.357 e. The number of carbonyl (C=O) groups is 1. The van der Waals surface area contributed by atoms with Gasteiger partial charge < -0.3 is 15.1 Å². The largest absolute Gasteiger partial charge is 0.357 e. The molecule has 7 heteroatoms. The molecule has 0 fully saturated rings. The lowest BCUT2D eigenvalue weighted by molar-refractivity contribution is -0.130. The average Bonchev–Trinajstić information content (AvgIpc) is 3.14. The van der Waals surface area contributed by atoms with Crippen molar-refractivity contribution in [3.05, 3.63) is 56.7 Å². The van der Waals surface area contributed by atoms with Crippen LogP contribution in [0.5, 0.6) is 0 Å². The van der Waals surface area contributed by atoms with E-state index in [1.54, 1.807) is 11.3 Å². The highest BCUT2D eigenvalue weighted by molar-refractivity contribution is 7.10. The Morgan fingerprint density at radius 2 is 2.19 bits per heavy atom. The predicted octanol–water partition coefficient (Wildman–Crippen LogP) is 3.38. The van der Waals surface area contributed by atoms with Gasteiger partial charge in [-0.2, -0.15) is 0 Å². The number of fused-ring (bicyclic) bond motifs is 1. The Kier molecular flexibility index (Phi) is 6.74. The van der Waals surface area contributed by atoms with Crippen molar-refractivity contribution in [1.82, 2.24) is 15.1 Å². The highest BCUT2D eigenvalue weighted by Gasteiger charge is 2.21. The lowest BCUT2D eigenvalue weighted by Crippen LogP contribution is -2.41. The van der Waals surface area contributed by atoms with E-state index >= 15 is 0 Å². The van der Waals surface area contributed by atoms with Crippen molar-refractivity contribution >= 4 is 34.8 Å². The minimum absolute atomic E-state index is 0.0633. The van der Waals surface area contributed by atoms with E-state index in [2.05, 4.69) is 21.8 Å². The zero-order chi connectivity index (χ0) is 19.2. The van der Waals surface area contributed by atoms with Gasteiger partial charge in [0.25, 0.3) is 0 Å². The third kappa shape index (κ3) is 5.02. The number of nitrogens with one attached hydrogen (secondary N) is 1. The Balaban J connectivity index is 1.63. The predicted molar refractivity (Wildman–Crippen MR) is 112 cm³/mol. The van der Waals surface area contributed by atoms with Gasteiger partial charge in [0, 0.05) is 43.1 Å². The topological polar surface area (TPSA) is 47.9 Å². The molecule has 1 aliphatic rings. The van der Waals surface area contributed by atoms with Crippen LogP contribution in [0, 0.1) is 0 Å². The first-order valence-corrected chi connectivity index (χ1v) is 10.4. The molecule has 0 bridgehead atoms. The van der Waals surface area contributed by atoms with Crippen LogP contribution in [0.2, 0.25) is 5.02 Å². The van der Waals surface area contributed by atoms with Gasteiger partial charge in [0.15, 0.2) is 5.96 Å². The Morgan fingerprint density at radius 3 is 2.96 bits per heavy atom. The van der Waals surface area contributed by atoms with Crippen molar-refractivity contribution in [3.63, 3.8) is 0 Å². The molecule has 0 saturated carbocycles. The van der Waals surface area contributed by atoms with Gasteiger partial charge in [-0.1, -0.05) is 29.8 Å². The summed E-state index contributed by atoms with van der Waals surface area (Å²) in [6.07, 6.45) is 0.939. The molecule has 1 aromatic heterocycles. The first-order valence-electron chi connectivity index (χ1n) is 9.14. The van der Waals surface area contributed by atoms with Crippen LogP contribution in [0.4, 0.5) is 0 Å². The lowest BCUT2D eigenvalue weighted by Gasteiger charge is -2.27. The summed E-state index contributed by atoms with van der Waals surface area (Å²) in [6.45, 7) is 4.99. The van der Waals surface area contributed by atoms with Crippen LogP contribution in [0.15, 0.2) is 40.7 Å². The smallest absolute Gasteiger partial charge is 0.244 e. The number of nitrogens with zero attached hydrogens (tertiary/aromatic N) is 3. The second kappa shape index (κ2) is 9.24. The number of guanidine groups is 1. The fourth-order valence-electron chi connectivity index (χ4n) is 3.13. The molecule has 0 saturated heterocycles. The maximum Gasteiger partial charge on any atom is 0.244 e. The van der Waals surface area contributed by atoms with Gasteiger partial charge in [0.2, 0.25) is 5.91 Å². The number of benzene rings is 1. The van der Waals surface area contributed by atoms with Gasteiger partial charge in [-0.25, -0.2) is 4.99 Å². The van der Waals surface area contributed by atoms with E-state index in [0.717, 1.165) is 30.1 Å². The SMILES string of the molecule is CCNC(=NCC(=O)N1CCc2sccc2C1)N(C)Cc1ccccc1Cl. The molecule has 144 valence electrons. The minimum atomic E-state index is 0.0633. The van der Waals surface area contributed by atoms with Crippen molar-refractivity contribution in [3.8, 4) is 0 Å². The van der Waals surface area contributed by atoms with E-state index in [-0.39, 0.29) is 12.5 Å². The maximum absolute atomic E-state index is 12.6. The van der Waals surface area contributed by atoms with Crippen LogP contribution in [0.3, 0.4) is 0 Å². The Bertz CT molecular complexity index is 820. The van der Waals surface area contributed by atoms with Gasteiger partial charge in [-0.3, -0.25) is 4.79 Å². The zero-order valence-corrected chi connectivity index (χ0v) is 17.3. The standard InChI is InChI=1S/C20H25ClN4OS/c1-3-22-20(24(2)13-15-6-4-5-7-17(15)21)23-12-19(26)25-10-8-18-16(14-25)9-11-27-18/h4-7,9,11H,3,8,10,12-14H2,1-2H3,(H,22,23). The molecule has 0 radical (unpaired) electrons. The molecule has 0 spiro atoms. The normalized spacial score (nSPS) is 14.0. The third-order valence-electron chi connectivity index (χ3n) is 4.59. The van der Waals surface area contributed by atoms with Crippen molar-refractivity contribution in [2.24, 2.45) is 4.99 Å². The van der Waals surface area contributed by atoms with Crippen molar-refractivity contribution in [1.29, 1.82) is 0 Å². The highest BCUT2D eigenvalue weighted by Crippen LogP contribution is 2.24. The summed E-state index contributed by atoms with van der Waals surface area (Å²) in [4.78, 5) is 22.5. The van der Waals surface area contributed by atoms with E-state index in [0.29, 0.717) is 19.0 Å². The Hall–Kier alpha value is -2.05. The van der Waals surface area contributed by atoms with Gasteiger partial charge in [-0.15, -0.1) is 11.3 Å². The number of aliphatic imine (C=N–C) groups is 1. The molecule has 0 atom stereocenters. The van der Waals surface area contributed by atoms with Crippen molar-refractivity contribution < 1.29 is 4.79 Å². The molecule has 5 nitrogen and oxygen atoms in total. The quantitative estimate of drug-likeness (QED) is 0.613. The van der Waals surface area contributed by atoms with Crippen molar-refractivity contribution in [2.75, 3.05) is 26.7 Å².